The van der Waals surface area contributed by atoms with Crippen LogP contribution < -0.4 is 0 Å². The number of hydrogen-bond donors (Lipinski definition) is 0. The van der Waals surface area contributed by atoms with Crippen molar-refractivity contribution in [1.82, 2.24) is 9.55 Å². The SMILES string of the molecule is O=Cc1c(-c2ccc(Cl)c(Cl)c2Cl)nc2n1CCS2. The van der Waals surface area contributed by atoms with Crippen LogP contribution in [0, 0.1) is 0 Å². The second-order valence-electron chi connectivity index (χ2n) is 3.97. The molecular formula is C12H7Cl3N2OS. The van der Waals surface area contributed by atoms with E-state index in [1.165, 1.54) is 0 Å². The molecule has 0 amide bonds. The zero-order valence-corrected chi connectivity index (χ0v) is 12.6. The normalized spacial score (nSPS) is 13.6. The van der Waals surface area contributed by atoms with Crippen LogP contribution in [0.25, 0.3) is 11.3 Å². The van der Waals surface area contributed by atoms with E-state index in [1.807, 2.05) is 4.57 Å². The van der Waals surface area contributed by atoms with Gasteiger partial charge in [0.25, 0.3) is 0 Å². The minimum absolute atomic E-state index is 0.276. The topological polar surface area (TPSA) is 34.9 Å². The summed E-state index contributed by atoms with van der Waals surface area (Å²) in [6, 6.07) is 3.38. The van der Waals surface area contributed by atoms with E-state index in [4.69, 9.17) is 34.8 Å². The number of halogens is 3. The number of thioether (sulfide) groups is 1. The lowest BCUT2D eigenvalue weighted by Gasteiger charge is -2.06. The maximum absolute atomic E-state index is 11.3. The molecule has 1 aliphatic rings. The predicted octanol–water partition coefficient (Wildman–Crippen LogP) is 4.43. The number of imidazole rings is 1. The van der Waals surface area contributed by atoms with Crippen molar-refractivity contribution in [2.24, 2.45) is 0 Å². The Bertz CT molecular complexity index is 684. The third kappa shape index (κ3) is 2.07. The fraction of sp³-hybridized carbons (Fsp3) is 0.167. The van der Waals surface area contributed by atoms with Crippen molar-refractivity contribution in [3.05, 3.63) is 32.9 Å². The van der Waals surface area contributed by atoms with E-state index >= 15 is 0 Å². The average molecular weight is 334 g/mol. The van der Waals surface area contributed by atoms with Gasteiger partial charge in [0, 0.05) is 17.9 Å². The monoisotopic (exact) mass is 332 g/mol. The Morgan fingerprint density at radius 3 is 2.79 bits per heavy atom. The van der Waals surface area contributed by atoms with Gasteiger partial charge in [0.05, 0.1) is 15.1 Å². The Balaban J connectivity index is 2.23. The molecule has 0 saturated carbocycles. The number of aromatic nitrogens is 2. The van der Waals surface area contributed by atoms with Crippen LogP contribution >= 0.6 is 46.6 Å². The number of rotatable bonds is 2. The summed E-state index contributed by atoms with van der Waals surface area (Å²) in [6.07, 6.45) is 0.802. The van der Waals surface area contributed by atoms with Gasteiger partial charge in [-0.15, -0.1) is 0 Å². The van der Waals surface area contributed by atoms with Crippen molar-refractivity contribution < 1.29 is 4.79 Å². The van der Waals surface area contributed by atoms with Crippen LogP contribution in [0.1, 0.15) is 10.5 Å². The highest BCUT2D eigenvalue weighted by Crippen LogP contribution is 2.40. The summed E-state index contributed by atoms with van der Waals surface area (Å²) >= 11 is 19.8. The van der Waals surface area contributed by atoms with E-state index in [-0.39, 0.29) is 5.02 Å². The van der Waals surface area contributed by atoms with Crippen LogP contribution in [0.15, 0.2) is 17.3 Å². The van der Waals surface area contributed by atoms with Crippen molar-refractivity contribution in [3.63, 3.8) is 0 Å². The largest absolute Gasteiger partial charge is 0.315 e. The van der Waals surface area contributed by atoms with Crippen LogP contribution in [0.2, 0.25) is 15.1 Å². The molecule has 1 aromatic heterocycles. The first-order chi connectivity index (χ1) is 9.13. The fourth-order valence-corrected chi connectivity index (χ4v) is 3.61. The number of benzene rings is 1. The number of carbonyl (C=O) groups is 1. The van der Waals surface area contributed by atoms with Gasteiger partial charge in [-0.1, -0.05) is 46.6 Å². The minimum Gasteiger partial charge on any atom is -0.315 e. The van der Waals surface area contributed by atoms with Gasteiger partial charge in [-0.2, -0.15) is 0 Å². The first-order valence-electron chi connectivity index (χ1n) is 5.46. The molecule has 0 saturated heterocycles. The van der Waals surface area contributed by atoms with Crippen molar-refractivity contribution in [3.8, 4) is 11.3 Å². The second kappa shape index (κ2) is 5.02. The lowest BCUT2D eigenvalue weighted by molar-refractivity contribution is 0.111. The lowest BCUT2D eigenvalue weighted by atomic mass is 10.1. The number of fused-ring (bicyclic) bond motifs is 1. The first-order valence-corrected chi connectivity index (χ1v) is 7.57. The number of hydrogen-bond acceptors (Lipinski definition) is 3. The molecule has 2 heterocycles. The van der Waals surface area contributed by atoms with E-state index in [1.54, 1.807) is 23.9 Å². The molecule has 3 rings (SSSR count). The Morgan fingerprint density at radius 2 is 2.05 bits per heavy atom. The number of carbonyl (C=O) groups excluding carboxylic acids is 1. The summed E-state index contributed by atoms with van der Waals surface area (Å²) in [4.78, 5) is 15.8. The predicted molar refractivity (Wildman–Crippen MR) is 78.8 cm³/mol. The van der Waals surface area contributed by atoms with Gasteiger partial charge >= 0.3 is 0 Å². The molecule has 3 nitrogen and oxygen atoms in total. The minimum atomic E-state index is 0.276. The van der Waals surface area contributed by atoms with E-state index in [0.29, 0.717) is 27.0 Å². The number of aldehydes is 1. The molecule has 1 aromatic carbocycles. The molecule has 19 heavy (non-hydrogen) atoms. The molecular weight excluding hydrogens is 327 g/mol. The molecule has 0 atom stereocenters. The Morgan fingerprint density at radius 1 is 1.26 bits per heavy atom. The lowest BCUT2D eigenvalue weighted by Crippen LogP contribution is -2.00. The summed E-state index contributed by atoms with van der Waals surface area (Å²) in [6.45, 7) is 0.778. The summed E-state index contributed by atoms with van der Waals surface area (Å²) < 4.78 is 1.89. The van der Waals surface area contributed by atoms with E-state index in [9.17, 15) is 4.79 Å². The molecule has 2 aromatic rings. The molecule has 7 heteroatoms. The fourth-order valence-electron chi connectivity index (χ4n) is 2.03. The molecule has 0 fully saturated rings. The smallest absolute Gasteiger partial charge is 0.169 e. The Kier molecular flexibility index (Phi) is 3.52. The maximum atomic E-state index is 11.3. The summed E-state index contributed by atoms with van der Waals surface area (Å²) in [5.74, 6) is 0.929. The van der Waals surface area contributed by atoms with Crippen molar-refractivity contribution in [2.75, 3.05) is 5.75 Å². The zero-order valence-electron chi connectivity index (χ0n) is 9.49. The average Bonchev–Trinajstić information content (AvgIpc) is 2.96. The molecule has 0 bridgehead atoms. The van der Waals surface area contributed by atoms with Crippen LogP contribution in [-0.4, -0.2) is 21.6 Å². The zero-order chi connectivity index (χ0) is 13.6. The summed E-state index contributed by atoms with van der Waals surface area (Å²) in [7, 11) is 0. The van der Waals surface area contributed by atoms with E-state index in [0.717, 1.165) is 23.7 Å². The maximum Gasteiger partial charge on any atom is 0.169 e. The molecule has 0 radical (unpaired) electrons. The first kappa shape index (κ1) is 13.3. The molecule has 0 N–H and O–H groups in total. The van der Waals surface area contributed by atoms with Crippen molar-refractivity contribution in [1.29, 1.82) is 0 Å². The van der Waals surface area contributed by atoms with Gasteiger partial charge < -0.3 is 4.57 Å². The highest BCUT2D eigenvalue weighted by Gasteiger charge is 2.24. The standard InChI is InChI=1S/C12H7Cl3N2OS/c13-7-2-1-6(9(14)10(7)15)11-8(5-18)17-3-4-19-12(17)16-11/h1-2,5H,3-4H2. The van der Waals surface area contributed by atoms with Gasteiger partial charge in [0.15, 0.2) is 11.4 Å². The van der Waals surface area contributed by atoms with E-state index < -0.39 is 0 Å². The highest BCUT2D eigenvalue weighted by atomic mass is 35.5. The second-order valence-corrected chi connectivity index (χ2v) is 6.19. The number of nitrogens with zero attached hydrogens (tertiary/aromatic N) is 2. The quantitative estimate of drug-likeness (QED) is 0.602. The van der Waals surface area contributed by atoms with Gasteiger partial charge in [-0.3, -0.25) is 4.79 Å². The molecule has 0 spiro atoms. The summed E-state index contributed by atoms with van der Waals surface area (Å²) in [5.41, 5.74) is 1.71. The highest BCUT2D eigenvalue weighted by molar-refractivity contribution is 7.99. The third-order valence-corrected chi connectivity index (χ3v) is 5.17. The van der Waals surface area contributed by atoms with Gasteiger partial charge in [-0.05, 0) is 12.1 Å². The van der Waals surface area contributed by atoms with Crippen LogP contribution in [-0.2, 0) is 6.54 Å². The molecule has 0 aliphatic carbocycles. The van der Waals surface area contributed by atoms with Crippen LogP contribution in [0.4, 0.5) is 0 Å². The molecule has 0 unspecified atom stereocenters. The molecule has 98 valence electrons. The van der Waals surface area contributed by atoms with Gasteiger partial charge in [-0.25, -0.2) is 4.98 Å². The van der Waals surface area contributed by atoms with Crippen molar-refractivity contribution in [2.45, 2.75) is 11.7 Å². The third-order valence-electron chi connectivity index (χ3n) is 2.92. The van der Waals surface area contributed by atoms with Crippen molar-refractivity contribution >= 4 is 52.9 Å². The van der Waals surface area contributed by atoms with Gasteiger partial charge in [0.1, 0.15) is 11.4 Å². The van der Waals surface area contributed by atoms with Gasteiger partial charge in [0.2, 0.25) is 0 Å². The Hall–Kier alpha value is -0.680. The van der Waals surface area contributed by atoms with E-state index in [2.05, 4.69) is 4.98 Å². The Labute approximate surface area is 128 Å². The molecule has 1 aliphatic heterocycles. The van der Waals surface area contributed by atoms with Crippen LogP contribution in [0.5, 0.6) is 0 Å². The van der Waals surface area contributed by atoms with Crippen LogP contribution in [0.3, 0.4) is 0 Å². The summed E-state index contributed by atoms with van der Waals surface area (Å²) in [5, 5.41) is 1.81.